The van der Waals surface area contributed by atoms with Gasteiger partial charge in [-0.25, -0.2) is 4.98 Å². The molecule has 0 radical (unpaired) electrons. The number of para-hydroxylation sites is 1. The van der Waals surface area contributed by atoms with Gasteiger partial charge in [-0.15, -0.1) is 11.3 Å². The summed E-state index contributed by atoms with van der Waals surface area (Å²) in [5.74, 6) is 0.775. The van der Waals surface area contributed by atoms with Gasteiger partial charge in [0, 0.05) is 17.9 Å². The zero-order chi connectivity index (χ0) is 15.4. The number of fused-ring (bicyclic) bond motifs is 1. The molecule has 1 amide bonds. The summed E-state index contributed by atoms with van der Waals surface area (Å²) in [4.78, 5) is 16.5. The van der Waals surface area contributed by atoms with E-state index in [0.717, 1.165) is 26.9 Å². The monoisotopic (exact) mass is 328 g/mol. The van der Waals surface area contributed by atoms with Crippen LogP contribution in [0.25, 0.3) is 10.2 Å². The predicted octanol–water partition coefficient (Wildman–Crippen LogP) is 4.73. The molecule has 0 bridgehead atoms. The Morgan fingerprint density at radius 2 is 2.09 bits per heavy atom. The molecular weight excluding hydrogens is 312 g/mol. The highest BCUT2D eigenvalue weighted by Crippen LogP contribution is 2.29. The number of amides is 1. The van der Waals surface area contributed by atoms with Gasteiger partial charge in [0.1, 0.15) is 0 Å². The molecule has 0 spiro atoms. The second-order valence-corrected chi connectivity index (χ2v) is 7.34. The third kappa shape index (κ3) is 3.87. The molecule has 1 N–H and O–H groups in total. The predicted molar refractivity (Wildman–Crippen MR) is 94.8 cm³/mol. The first-order chi connectivity index (χ1) is 10.7. The molecule has 3 nitrogen and oxygen atoms in total. The summed E-state index contributed by atoms with van der Waals surface area (Å²) >= 11 is 3.31. The SMILES string of the molecule is Cc1cccc(NC(=O)CCSc2nc3ccccc3s2)c1. The molecule has 0 aliphatic carbocycles. The first kappa shape index (κ1) is 15.1. The Bertz CT molecular complexity index is 765. The standard InChI is InChI=1S/C17H16N2OS2/c1-12-5-4-6-13(11-12)18-16(20)9-10-21-17-19-14-7-2-3-8-15(14)22-17/h2-8,11H,9-10H2,1H3,(H,18,20). The van der Waals surface area contributed by atoms with Gasteiger partial charge in [0.05, 0.1) is 10.2 Å². The maximum Gasteiger partial charge on any atom is 0.225 e. The number of nitrogens with zero attached hydrogens (tertiary/aromatic N) is 1. The Morgan fingerprint density at radius 3 is 2.91 bits per heavy atom. The average molecular weight is 328 g/mol. The van der Waals surface area contributed by atoms with Crippen molar-refractivity contribution >= 4 is 44.9 Å². The van der Waals surface area contributed by atoms with Crippen LogP contribution in [0.2, 0.25) is 0 Å². The van der Waals surface area contributed by atoms with Crippen molar-refractivity contribution in [2.75, 3.05) is 11.1 Å². The van der Waals surface area contributed by atoms with Gasteiger partial charge < -0.3 is 5.32 Å². The van der Waals surface area contributed by atoms with Crippen LogP contribution in [0.3, 0.4) is 0 Å². The van der Waals surface area contributed by atoms with Crippen LogP contribution in [-0.2, 0) is 4.79 Å². The quantitative estimate of drug-likeness (QED) is 0.689. The number of thioether (sulfide) groups is 1. The molecule has 0 atom stereocenters. The number of thiazole rings is 1. The Labute approximate surface area is 137 Å². The third-order valence-corrected chi connectivity index (χ3v) is 5.31. The van der Waals surface area contributed by atoms with Crippen molar-refractivity contribution in [3.05, 3.63) is 54.1 Å². The minimum absolute atomic E-state index is 0.0409. The molecular formula is C17H16N2OS2. The number of nitrogens with one attached hydrogen (secondary N) is 1. The van der Waals surface area contributed by atoms with Gasteiger partial charge in [-0.3, -0.25) is 4.79 Å². The Kier molecular flexibility index (Phi) is 4.75. The first-order valence-corrected chi connectivity index (χ1v) is 8.86. The topological polar surface area (TPSA) is 42.0 Å². The highest BCUT2D eigenvalue weighted by Gasteiger charge is 2.06. The molecule has 22 heavy (non-hydrogen) atoms. The lowest BCUT2D eigenvalue weighted by atomic mass is 10.2. The van der Waals surface area contributed by atoms with E-state index in [1.54, 1.807) is 23.1 Å². The summed E-state index contributed by atoms with van der Waals surface area (Å²) in [6, 6.07) is 15.9. The lowest BCUT2D eigenvalue weighted by Crippen LogP contribution is -2.12. The van der Waals surface area contributed by atoms with Crippen molar-refractivity contribution in [2.24, 2.45) is 0 Å². The lowest BCUT2D eigenvalue weighted by molar-refractivity contribution is -0.115. The van der Waals surface area contributed by atoms with Gasteiger partial charge in [0.15, 0.2) is 4.34 Å². The first-order valence-electron chi connectivity index (χ1n) is 7.05. The van der Waals surface area contributed by atoms with E-state index in [9.17, 15) is 4.79 Å². The summed E-state index contributed by atoms with van der Waals surface area (Å²) in [5.41, 5.74) is 3.02. The number of carbonyl (C=O) groups excluding carboxylic acids is 1. The summed E-state index contributed by atoms with van der Waals surface area (Å²) in [6.45, 7) is 2.01. The molecule has 0 fully saturated rings. The highest BCUT2D eigenvalue weighted by molar-refractivity contribution is 8.01. The van der Waals surface area contributed by atoms with Crippen LogP contribution in [0.4, 0.5) is 5.69 Å². The van der Waals surface area contributed by atoms with Crippen LogP contribution < -0.4 is 5.32 Å². The normalized spacial score (nSPS) is 10.8. The second kappa shape index (κ2) is 6.94. The maximum atomic E-state index is 11.9. The van der Waals surface area contributed by atoms with Crippen LogP contribution in [-0.4, -0.2) is 16.6 Å². The highest BCUT2D eigenvalue weighted by atomic mass is 32.2. The van der Waals surface area contributed by atoms with Crippen molar-refractivity contribution in [1.29, 1.82) is 0 Å². The Balaban J connectivity index is 1.51. The van der Waals surface area contributed by atoms with Gasteiger partial charge in [0.2, 0.25) is 5.91 Å². The van der Waals surface area contributed by atoms with Gasteiger partial charge >= 0.3 is 0 Å². The van der Waals surface area contributed by atoms with E-state index in [1.165, 1.54) is 4.70 Å². The molecule has 0 saturated carbocycles. The molecule has 0 aliphatic heterocycles. The molecule has 3 rings (SSSR count). The van der Waals surface area contributed by atoms with E-state index >= 15 is 0 Å². The van der Waals surface area contributed by atoms with E-state index in [-0.39, 0.29) is 5.91 Å². The fourth-order valence-electron chi connectivity index (χ4n) is 2.09. The Hall–Kier alpha value is -1.85. The summed E-state index contributed by atoms with van der Waals surface area (Å²) in [5, 5.41) is 2.93. The van der Waals surface area contributed by atoms with E-state index in [1.807, 2.05) is 49.4 Å². The number of anilines is 1. The third-order valence-electron chi connectivity index (χ3n) is 3.13. The number of hydrogen-bond acceptors (Lipinski definition) is 4. The van der Waals surface area contributed by atoms with Gasteiger partial charge in [0.25, 0.3) is 0 Å². The minimum Gasteiger partial charge on any atom is -0.326 e. The Morgan fingerprint density at radius 1 is 1.23 bits per heavy atom. The van der Waals surface area contributed by atoms with Crippen LogP contribution in [0.1, 0.15) is 12.0 Å². The zero-order valence-electron chi connectivity index (χ0n) is 12.2. The zero-order valence-corrected chi connectivity index (χ0v) is 13.8. The van der Waals surface area contributed by atoms with Crippen molar-refractivity contribution in [3.63, 3.8) is 0 Å². The van der Waals surface area contributed by atoms with Crippen molar-refractivity contribution in [2.45, 2.75) is 17.7 Å². The number of rotatable bonds is 5. The molecule has 2 aromatic carbocycles. The minimum atomic E-state index is 0.0409. The van der Waals surface area contributed by atoms with E-state index in [4.69, 9.17) is 0 Å². The fraction of sp³-hybridized carbons (Fsp3) is 0.176. The van der Waals surface area contributed by atoms with Crippen LogP contribution in [0.15, 0.2) is 52.9 Å². The molecule has 0 aliphatic rings. The number of aryl methyl sites for hydroxylation is 1. The molecule has 112 valence electrons. The number of hydrogen-bond donors (Lipinski definition) is 1. The molecule has 5 heteroatoms. The van der Waals surface area contributed by atoms with Gasteiger partial charge in [-0.2, -0.15) is 0 Å². The second-order valence-electron chi connectivity index (χ2n) is 4.96. The summed E-state index contributed by atoms with van der Waals surface area (Å²) < 4.78 is 2.21. The molecule has 1 aromatic heterocycles. The van der Waals surface area contributed by atoms with Gasteiger partial charge in [-0.05, 0) is 36.8 Å². The van der Waals surface area contributed by atoms with Crippen LogP contribution in [0, 0.1) is 6.92 Å². The summed E-state index contributed by atoms with van der Waals surface area (Å²) in [6.07, 6.45) is 0.481. The molecule has 1 heterocycles. The van der Waals surface area contributed by atoms with E-state index < -0.39 is 0 Å². The van der Waals surface area contributed by atoms with Crippen molar-refractivity contribution in [3.8, 4) is 0 Å². The number of aromatic nitrogens is 1. The number of benzene rings is 2. The fourth-order valence-corrected chi connectivity index (χ4v) is 4.17. The van der Waals surface area contributed by atoms with Crippen LogP contribution >= 0.6 is 23.1 Å². The van der Waals surface area contributed by atoms with E-state index in [0.29, 0.717) is 6.42 Å². The lowest BCUT2D eigenvalue weighted by Gasteiger charge is -2.05. The molecule has 0 unspecified atom stereocenters. The van der Waals surface area contributed by atoms with E-state index in [2.05, 4.69) is 16.4 Å². The molecule has 3 aromatic rings. The maximum absolute atomic E-state index is 11.9. The van der Waals surface area contributed by atoms with Gasteiger partial charge in [-0.1, -0.05) is 36.0 Å². The number of carbonyl (C=O) groups is 1. The average Bonchev–Trinajstić information content (AvgIpc) is 2.90. The van der Waals surface area contributed by atoms with Crippen molar-refractivity contribution < 1.29 is 4.79 Å². The largest absolute Gasteiger partial charge is 0.326 e. The summed E-state index contributed by atoms with van der Waals surface area (Å²) in [7, 11) is 0. The van der Waals surface area contributed by atoms with Crippen LogP contribution in [0.5, 0.6) is 0 Å². The molecule has 0 saturated heterocycles. The van der Waals surface area contributed by atoms with Crippen molar-refractivity contribution in [1.82, 2.24) is 4.98 Å². The smallest absolute Gasteiger partial charge is 0.225 e.